The van der Waals surface area contributed by atoms with Gasteiger partial charge in [-0.05, 0) is 24.1 Å². The number of benzene rings is 1. The van der Waals surface area contributed by atoms with Crippen molar-refractivity contribution < 1.29 is 24.3 Å². The third kappa shape index (κ3) is 6.39. The van der Waals surface area contributed by atoms with Gasteiger partial charge in [-0.25, -0.2) is 0 Å². The standard InChI is InChI=1S/C13H17N3O5/c14-10(13(19)20)7-8-1-3-9(4-2-8)21-16-12(18)6-5-11(15)17/h1-4,10H,5-7,14H2,(H2,15,17)(H,16,18)(H,19,20)/t10-/m0/s1. The van der Waals surface area contributed by atoms with Crippen LogP contribution in [-0.2, 0) is 20.8 Å². The number of amides is 2. The molecule has 21 heavy (non-hydrogen) atoms. The van der Waals surface area contributed by atoms with Crippen molar-refractivity contribution in [3.8, 4) is 5.75 Å². The average Bonchev–Trinajstić information content (AvgIpc) is 2.44. The molecule has 0 spiro atoms. The summed E-state index contributed by atoms with van der Waals surface area (Å²) in [5.74, 6) is -1.73. The Morgan fingerprint density at radius 2 is 1.81 bits per heavy atom. The highest BCUT2D eigenvalue weighted by Crippen LogP contribution is 2.12. The lowest BCUT2D eigenvalue weighted by atomic mass is 10.1. The lowest BCUT2D eigenvalue weighted by Gasteiger charge is -2.09. The van der Waals surface area contributed by atoms with Crippen molar-refractivity contribution in [3.63, 3.8) is 0 Å². The molecule has 1 atom stereocenters. The van der Waals surface area contributed by atoms with Gasteiger partial charge in [0.25, 0.3) is 5.91 Å². The van der Waals surface area contributed by atoms with E-state index in [4.69, 9.17) is 21.4 Å². The maximum Gasteiger partial charge on any atom is 0.320 e. The van der Waals surface area contributed by atoms with Crippen LogP contribution < -0.4 is 21.8 Å². The summed E-state index contributed by atoms with van der Waals surface area (Å²) in [6.07, 6.45) is 0.0860. The van der Waals surface area contributed by atoms with E-state index in [1.165, 1.54) is 0 Å². The number of aliphatic carboxylic acids is 1. The van der Waals surface area contributed by atoms with Crippen LogP contribution in [0.5, 0.6) is 5.75 Å². The number of carbonyl (C=O) groups excluding carboxylic acids is 2. The molecule has 0 saturated carbocycles. The summed E-state index contributed by atoms with van der Waals surface area (Å²) in [5, 5.41) is 8.70. The summed E-state index contributed by atoms with van der Waals surface area (Å²) < 4.78 is 0. The van der Waals surface area contributed by atoms with E-state index in [1.54, 1.807) is 24.3 Å². The Kier molecular flexibility index (Phi) is 6.15. The van der Waals surface area contributed by atoms with Crippen LogP contribution in [0.15, 0.2) is 24.3 Å². The zero-order valence-corrected chi connectivity index (χ0v) is 11.2. The van der Waals surface area contributed by atoms with Gasteiger partial charge in [0.15, 0.2) is 5.75 Å². The Morgan fingerprint density at radius 3 is 2.33 bits per heavy atom. The van der Waals surface area contributed by atoms with Crippen molar-refractivity contribution >= 4 is 17.8 Å². The van der Waals surface area contributed by atoms with Crippen LogP contribution in [0, 0.1) is 0 Å². The Balaban J connectivity index is 2.42. The normalized spacial score (nSPS) is 11.5. The highest BCUT2D eigenvalue weighted by molar-refractivity contribution is 5.82. The molecule has 0 heterocycles. The number of nitrogens with one attached hydrogen (secondary N) is 1. The van der Waals surface area contributed by atoms with Crippen LogP contribution in [0.1, 0.15) is 18.4 Å². The second kappa shape index (κ2) is 7.85. The molecule has 1 aromatic rings. The molecule has 1 rings (SSSR count). The number of hydroxylamine groups is 1. The maximum absolute atomic E-state index is 11.3. The van der Waals surface area contributed by atoms with E-state index < -0.39 is 23.8 Å². The number of carboxylic acids is 1. The number of primary amides is 1. The number of carbonyl (C=O) groups is 3. The monoisotopic (exact) mass is 295 g/mol. The Morgan fingerprint density at radius 1 is 1.19 bits per heavy atom. The van der Waals surface area contributed by atoms with Crippen LogP contribution >= 0.6 is 0 Å². The molecule has 1 aromatic carbocycles. The van der Waals surface area contributed by atoms with Crippen molar-refractivity contribution in [1.82, 2.24) is 5.48 Å². The van der Waals surface area contributed by atoms with Crippen LogP contribution in [0.2, 0.25) is 0 Å². The third-order valence-electron chi connectivity index (χ3n) is 2.58. The quantitative estimate of drug-likeness (QED) is 0.467. The summed E-state index contributed by atoms with van der Waals surface area (Å²) in [6, 6.07) is 5.46. The van der Waals surface area contributed by atoms with E-state index in [0.29, 0.717) is 5.75 Å². The van der Waals surface area contributed by atoms with E-state index in [-0.39, 0.29) is 19.3 Å². The van der Waals surface area contributed by atoms with Gasteiger partial charge in [-0.1, -0.05) is 12.1 Å². The maximum atomic E-state index is 11.3. The largest absolute Gasteiger partial charge is 0.480 e. The van der Waals surface area contributed by atoms with Crippen LogP contribution in [-0.4, -0.2) is 28.9 Å². The lowest BCUT2D eigenvalue weighted by molar-refractivity contribution is -0.138. The first kappa shape index (κ1) is 16.4. The zero-order valence-electron chi connectivity index (χ0n) is 11.2. The van der Waals surface area contributed by atoms with E-state index in [9.17, 15) is 14.4 Å². The van der Waals surface area contributed by atoms with Crippen LogP contribution in [0.25, 0.3) is 0 Å². The molecular formula is C13H17N3O5. The average molecular weight is 295 g/mol. The van der Waals surface area contributed by atoms with Crippen LogP contribution in [0.3, 0.4) is 0 Å². The minimum Gasteiger partial charge on any atom is -0.480 e. The molecule has 8 nitrogen and oxygen atoms in total. The number of hydrogen-bond donors (Lipinski definition) is 4. The fourth-order valence-corrected chi connectivity index (χ4v) is 1.44. The summed E-state index contributed by atoms with van der Waals surface area (Å²) in [4.78, 5) is 37.4. The molecule has 0 aliphatic heterocycles. The molecule has 0 bridgehead atoms. The summed E-state index contributed by atoms with van der Waals surface area (Å²) >= 11 is 0. The van der Waals surface area contributed by atoms with Crippen molar-refractivity contribution in [2.24, 2.45) is 11.5 Å². The molecule has 0 aliphatic rings. The van der Waals surface area contributed by atoms with E-state index in [2.05, 4.69) is 5.48 Å². The van der Waals surface area contributed by atoms with Gasteiger partial charge in [-0.2, -0.15) is 5.48 Å². The fourth-order valence-electron chi connectivity index (χ4n) is 1.44. The summed E-state index contributed by atoms with van der Waals surface area (Å²) in [7, 11) is 0. The van der Waals surface area contributed by atoms with Gasteiger partial charge in [0.05, 0.1) is 0 Å². The highest BCUT2D eigenvalue weighted by Gasteiger charge is 2.12. The fraction of sp³-hybridized carbons (Fsp3) is 0.308. The molecule has 2 amide bonds. The highest BCUT2D eigenvalue weighted by atomic mass is 16.7. The SMILES string of the molecule is NC(=O)CCC(=O)NOc1ccc(C[C@H](N)C(=O)O)cc1. The molecule has 0 radical (unpaired) electrons. The number of carboxylic acid groups (broad SMARTS) is 1. The van der Waals surface area contributed by atoms with Gasteiger partial charge in [-0.3, -0.25) is 14.4 Å². The first-order chi connectivity index (χ1) is 9.88. The van der Waals surface area contributed by atoms with Gasteiger partial charge in [-0.15, -0.1) is 0 Å². The molecule has 0 unspecified atom stereocenters. The van der Waals surface area contributed by atoms with Crippen LogP contribution in [0.4, 0.5) is 0 Å². The number of nitrogens with two attached hydrogens (primary N) is 2. The van der Waals surface area contributed by atoms with Crippen molar-refractivity contribution in [1.29, 1.82) is 0 Å². The Bertz CT molecular complexity index is 515. The Labute approximate surface area is 121 Å². The summed E-state index contributed by atoms with van der Waals surface area (Å²) in [6.45, 7) is 0. The summed E-state index contributed by atoms with van der Waals surface area (Å²) in [5.41, 5.74) is 13.2. The predicted molar refractivity (Wildman–Crippen MR) is 73.0 cm³/mol. The predicted octanol–water partition coefficient (Wildman–Crippen LogP) is -0.683. The first-order valence-electron chi connectivity index (χ1n) is 6.20. The lowest BCUT2D eigenvalue weighted by Crippen LogP contribution is -2.32. The van der Waals surface area contributed by atoms with E-state index >= 15 is 0 Å². The van der Waals surface area contributed by atoms with Crippen molar-refractivity contribution in [2.75, 3.05) is 0 Å². The van der Waals surface area contributed by atoms with Gasteiger partial charge < -0.3 is 21.4 Å². The molecule has 0 aliphatic carbocycles. The topological polar surface area (TPSA) is 145 Å². The number of rotatable bonds is 8. The Hall–Kier alpha value is -2.61. The van der Waals surface area contributed by atoms with E-state index in [0.717, 1.165) is 5.56 Å². The van der Waals surface area contributed by atoms with Crippen molar-refractivity contribution in [2.45, 2.75) is 25.3 Å². The van der Waals surface area contributed by atoms with Gasteiger partial charge in [0, 0.05) is 12.8 Å². The molecule has 0 fully saturated rings. The van der Waals surface area contributed by atoms with Gasteiger partial charge in [0.1, 0.15) is 6.04 Å². The van der Waals surface area contributed by atoms with Gasteiger partial charge >= 0.3 is 5.97 Å². The second-order valence-electron chi connectivity index (χ2n) is 4.39. The zero-order chi connectivity index (χ0) is 15.8. The first-order valence-corrected chi connectivity index (χ1v) is 6.20. The molecule has 0 aromatic heterocycles. The molecule has 0 saturated heterocycles. The molecule has 8 heteroatoms. The minimum atomic E-state index is -1.07. The van der Waals surface area contributed by atoms with Crippen molar-refractivity contribution in [3.05, 3.63) is 29.8 Å². The molecular weight excluding hydrogens is 278 g/mol. The third-order valence-corrected chi connectivity index (χ3v) is 2.58. The molecule has 6 N–H and O–H groups in total. The second-order valence-corrected chi connectivity index (χ2v) is 4.39. The smallest absolute Gasteiger partial charge is 0.320 e. The minimum absolute atomic E-state index is 0.0544. The van der Waals surface area contributed by atoms with Gasteiger partial charge in [0.2, 0.25) is 5.91 Å². The molecule has 114 valence electrons. The van der Waals surface area contributed by atoms with E-state index in [1.807, 2.05) is 0 Å². The number of hydrogen-bond acceptors (Lipinski definition) is 5.